The highest BCUT2D eigenvalue weighted by Crippen LogP contribution is 2.26. The summed E-state index contributed by atoms with van der Waals surface area (Å²) in [4.78, 5) is 12.0. The van der Waals surface area contributed by atoms with Crippen LogP contribution in [-0.2, 0) is 19.0 Å². The van der Waals surface area contributed by atoms with Gasteiger partial charge in [0.15, 0.2) is 5.82 Å². The molecule has 0 saturated carbocycles. The molecule has 0 bridgehead atoms. The molecule has 1 aromatic carbocycles. The van der Waals surface area contributed by atoms with Crippen LogP contribution in [0.25, 0.3) is 0 Å². The summed E-state index contributed by atoms with van der Waals surface area (Å²) in [6, 6.07) is 7.87. The monoisotopic (exact) mass is 330 g/mol. The van der Waals surface area contributed by atoms with Crippen LogP contribution in [0.2, 0.25) is 0 Å². The molecule has 0 aliphatic heterocycles. The number of aryl methyl sites for hydroxylation is 1. The van der Waals surface area contributed by atoms with Gasteiger partial charge in [0.1, 0.15) is 0 Å². The molecule has 0 fully saturated rings. The van der Waals surface area contributed by atoms with E-state index < -0.39 is 0 Å². The van der Waals surface area contributed by atoms with Gasteiger partial charge in [0.05, 0.1) is 6.04 Å². The van der Waals surface area contributed by atoms with E-state index in [2.05, 4.69) is 71.2 Å². The number of nitrogens with one attached hydrogen (secondary N) is 2. The minimum Gasteiger partial charge on any atom is -0.334 e. The van der Waals surface area contributed by atoms with Crippen molar-refractivity contribution in [3.63, 3.8) is 0 Å². The van der Waals surface area contributed by atoms with E-state index in [4.69, 9.17) is 0 Å². The average Bonchev–Trinajstić information content (AvgIpc) is 2.99. The molecule has 0 unspecified atom stereocenters. The summed E-state index contributed by atoms with van der Waals surface area (Å²) in [5.74, 6) is 0.608. The Kier molecular flexibility index (Phi) is 5.54. The standard InChI is InChI=1S/C17H26N6O/c1-6-17(3,4)14-9-7-13(8-10-14)11-18-16(24)19-12(2)15-20-21-22-23(15)5/h7-10,12H,6,11H2,1-5H3,(H2,18,19,24)/t12-/m1/s1. The fraction of sp³-hybridized carbons (Fsp3) is 0.529. The van der Waals surface area contributed by atoms with Gasteiger partial charge in [-0.3, -0.25) is 0 Å². The Morgan fingerprint density at radius 3 is 2.50 bits per heavy atom. The largest absolute Gasteiger partial charge is 0.334 e. The van der Waals surface area contributed by atoms with E-state index in [1.165, 1.54) is 5.56 Å². The molecule has 0 aliphatic carbocycles. The van der Waals surface area contributed by atoms with E-state index >= 15 is 0 Å². The fourth-order valence-electron chi connectivity index (χ4n) is 2.38. The Hall–Kier alpha value is -2.44. The maximum atomic E-state index is 12.0. The second kappa shape index (κ2) is 7.42. The molecule has 7 nitrogen and oxygen atoms in total. The van der Waals surface area contributed by atoms with Gasteiger partial charge in [0.25, 0.3) is 0 Å². The van der Waals surface area contributed by atoms with Crippen molar-refractivity contribution in [2.24, 2.45) is 7.05 Å². The summed E-state index contributed by atoms with van der Waals surface area (Å²) in [6.07, 6.45) is 1.09. The highest BCUT2D eigenvalue weighted by Gasteiger charge is 2.18. The molecule has 1 aromatic heterocycles. The summed E-state index contributed by atoms with van der Waals surface area (Å²) in [5, 5.41) is 16.9. The second-order valence-corrected chi connectivity index (χ2v) is 6.64. The zero-order valence-electron chi connectivity index (χ0n) is 15.0. The number of benzene rings is 1. The van der Waals surface area contributed by atoms with Crippen molar-refractivity contribution in [2.45, 2.75) is 52.1 Å². The number of carbonyl (C=O) groups excluding carboxylic acids is 1. The van der Waals surface area contributed by atoms with Gasteiger partial charge < -0.3 is 10.6 Å². The number of hydrogen-bond acceptors (Lipinski definition) is 4. The van der Waals surface area contributed by atoms with Gasteiger partial charge in [-0.1, -0.05) is 45.0 Å². The van der Waals surface area contributed by atoms with E-state index in [9.17, 15) is 4.79 Å². The molecule has 130 valence electrons. The van der Waals surface area contributed by atoms with Gasteiger partial charge in [-0.15, -0.1) is 5.10 Å². The molecule has 0 aliphatic rings. The molecule has 2 rings (SSSR count). The van der Waals surface area contributed by atoms with Crippen molar-refractivity contribution in [1.29, 1.82) is 0 Å². The SMILES string of the molecule is CCC(C)(C)c1ccc(CNC(=O)N[C@H](C)c2nnnn2C)cc1. The van der Waals surface area contributed by atoms with Gasteiger partial charge >= 0.3 is 6.03 Å². The molecule has 1 heterocycles. The van der Waals surface area contributed by atoms with Crippen LogP contribution in [0.1, 0.15) is 57.1 Å². The summed E-state index contributed by atoms with van der Waals surface area (Å²) < 4.78 is 1.54. The Morgan fingerprint density at radius 1 is 1.29 bits per heavy atom. The number of rotatable bonds is 6. The van der Waals surface area contributed by atoms with Crippen LogP contribution >= 0.6 is 0 Å². The van der Waals surface area contributed by atoms with E-state index in [1.807, 2.05) is 6.92 Å². The third-order valence-corrected chi connectivity index (χ3v) is 4.46. The van der Waals surface area contributed by atoms with Crippen molar-refractivity contribution < 1.29 is 4.79 Å². The number of amides is 2. The summed E-state index contributed by atoms with van der Waals surface area (Å²) in [7, 11) is 1.74. The molecular weight excluding hydrogens is 304 g/mol. The van der Waals surface area contributed by atoms with Crippen LogP contribution in [0.15, 0.2) is 24.3 Å². The molecule has 0 saturated heterocycles. The van der Waals surface area contributed by atoms with E-state index in [-0.39, 0.29) is 17.5 Å². The molecule has 1 atom stereocenters. The number of hydrogen-bond donors (Lipinski definition) is 2. The lowest BCUT2D eigenvalue weighted by molar-refractivity contribution is 0.237. The molecule has 0 spiro atoms. The number of tetrazole rings is 1. The zero-order chi connectivity index (χ0) is 17.7. The van der Waals surface area contributed by atoms with Crippen LogP contribution in [0.5, 0.6) is 0 Å². The first-order chi connectivity index (χ1) is 11.3. The van der Waals surface area contributed by atoms with E-state index in [0.717, 1.165) is 12.0 Å². The van der Waals surface area contributed by atoms with Crippen LogP contribution < -0.4 is 10.6 Å². The second-order valence-electron chi connectivity index (χ2n) is 6.64. The van der Waals surface area contributed by atoms with Crippen molar-refractivity contribution in [3.8, 4) is 0 Å². The number of carbonyl (C=O) groups is 1. The maximum absolute atomic E-state index is 12.0. The first-order valence-corrected chi connectivity index (χ1v) is 8.19. The normalized spacial score (nSPS) is 12.7. The van der Waals surface area contributed by atoms with Gasteiger partial charge in [-0.2, -0.15) is 0 Å². The lowest BCUT2D eigenvalue weighted by Gasteiger charge is -2.23. The number of urea groups is 1. The molecule has 2 N–H and O–H groups in total. The van der Waals surface area contributed by atoms with Crippen LogP contribution in [0.4, 0.5) is 4.79 Å². The minimum atomic E-state index is -0.266. The predicted molar refractivity (Wildman–Crippen MR) is 92.3 cm³/mol. The predicted octanol–water partition coefficient (Wildman–Crippen LogP) is 2.46. The first kappa shape index (κ1) is 17.9. The van der Waals surface area contributed by atoms with E-state index in [0.29, 0.717) is 12.4 Å². The molecule has 24 heavy (non-hydrogen) atoms. The molecule has 7 heteroatoms. The quantitative estimate of drug-likeness (QED) is 0.852. The van der Waals surface area contributed by atoms with Gasteiger partial charge in [-0.25, -0.2) is 9.48 Å². The van der Waals surface area contributed by atoms with Crippen LogP contribution in [0, 0.1) is 0 Å². The van der Waals surface area contributed by atoms with Crippen LogP contribution in [0.3, 0.4) is 0 Å². The maximum Gasteiger partial charge on any atom is 0.315 e. The number of aromatic nitrogens is 4. The third-order valence-electron chi connectivity index (χ3n) is 4.46. The smallest absolute Gasteiger partial charge is 0.315 e. The lowest BCUT2D eigenvalue weighted by Crippen LogP contribution is -2.37. The highest BCUT2D eigenvalue weighted by molar-refractivity contribution is 5.74. The van der Waals surface area contributed by atoms with Gasteiger partial charge in [0, 0.05) is 13.6 Å². The Bertz CT molecular complexity index is 677. The Labute approximate surface area is 142 Å². The van der Waals surface area contributed by atoms with E-state index in [1.54, 1.807) is 11.7 Å². The lowest BCUT2D eigenvalue weighted by atomic mass is 9.82. The average molecular weight is 330 g/mol. The Balaban J connectivity index is 1.87. The molecule has 2 aromatic rings. The van der Waals surface area contributed by atoms with Gasteiger partial charge in [0.2, 0.25) is 0 Å². The summed E-state index contributed by atoms with van der Waals surface area (Å²) >= 11 is 0. The summed E-state index contributed by atoms with van der Waals surface area (Å²) in [5.41, 5.74) is 2.54. The fourth-order valence-corrected chi connectivity index (χ4v) is 2.38. The third kappa shape index (κ3) is 4.31. The van der Waals surface area contributed by atoms with Crippen molar-refractivity contribution in [2.75, 3.05) is 0 Å². The van der Waals surface area contributed by atoms with Crippen molar-refractivity contribution in [3.05, 3.63) is 41.2 Å². The number of nitrogens with zero attached hydrogens (tertiary/aromatic N) is 4. The zero-order valence-corrected chi connectivity index (χ0v) is 15.0. The van der Waals surface area contributed by atoms with Crippen molar-refractivity contribution >= 4 is 6.03 Å². The molecule has 2 amide bonds. The Morgan fingerprint density at radius 2 is 1.96 bits per heavy atom. The van der Waals surface area contributed by atoms with Gasteiger partial charge in [-0.05, 0) is 40.3 Å². The summed E-state index contributed by atoms with van der Waals surface area (Å²) in [6.45, 7) is 8.97. The molecular formula is C17H26N6O. The minimum absolute atomic E-state index is 0.170. The topological polar surface area (TPSA) is 84.7 Å². The molecule has 0 radical (unpaired) electrons. The van der Waals surface area contributed by atoms with Crippen molar-refractivity contribution in [1.82, 2.24) is 30.8 Å². The highest BCUT2D eigenvalue weighted by atomic mass is 16.2. The first-order valence-electron chi connectivity index (χ1n) is 8.19. The van der Waals surface area contributed by atoms with Crippen LogP contribution in [-0.4, -0.2) is 26.2 Å².